The lowest BCUT2D eigenvalue weighted by molar-refractivity contribution is -0.122. The Balaban J connectivity index is 2.23. The molecule has 2 rings (SSSR count). The summed E-state index contributed by atoms with van der Waals surface area (Å²) >= 11 is 0. The molecule has 0 aliphatic heterocycles. The molecule has 1 atom stereocenters. The van der Waals surface area contributed by atoms with Crippen molar-refractivity contribution in [2.45, 2.75) is 38.3 Å². The summed E-state index contributed by atoms with van der Waals surface area (Å²) in [4.78, 5) is 11.0. The molecule has 0 amide bonds. The lowest BCUT2D eigenvalue weighted by atomic mass is 10.2. The molecule has 0 saturated carbocycles. The summed E-state index contributed by atoms with van der Waals surface area (Å²) in [6.07, 6.45) is 4.23. The first-order valence-electron chi connectivity index (χ1n) is 10.2. The maximum absolute atomic E-state index is 11.0. The molecule has 0 fully saturated rings. The lowest BCUT2D eigenvalue weighted by Crippen LogP contribution is -2.66. The van der Waals surface area contributed by atoms with Crippen LogP contribution in [0, 0.1) is 0 Å². The molecule has 0 aliphatic carbocycles. The zero-order chi connectivity index (χ0) is 21.9. The van der Waals surface area contributed by atoms with Crippen molar-refractivity contribution in [2.75, 3.05) is 20.5 Å². The van der Waals surface area contributed by atoms with Crippen molar-refractivity contribution in [2.24, 2.45) is 0 Å². The van der Waals surface area contributed by atoms with Crippen LogP contribution in [0.4, 0.5) is 0 Å². The first-order valence-corrected chi connectivity index (χ1v) is 12.1. The molecule has 5 heteroatoms. The van der Waals surface area contributed by atoms with Crippen molar-refractivity contribution >= 4 is 25.0 Å². The van der Waals surface area contributed by atoms with Gasteiger partial charge < -0.3 is 18.7 Å². The zero-order valence-corrected chi connectivity index (χ0v) is 19.3. The molecule has 160 valence electrons. The van der Waals surface area contributed by atoms with Gasteiger partial charge in [0.1, 0.15) is 12.9 Å². The summed E-state index contributed by atoms with van der Waals surface area (Å²) < 4.78 is 16.8. The molecule has 4 nitrogen and oxygen atoms in total. The molecule has 0 aromatic heterocycles. The van der Waals surface area contributed by atoms with Crippen LogP contribution in [0.3, 0.4) is 0 Å². The van der Waals surface area contributed by atoms with E-state index in [1.807, 2.05) is 18.2 Å². The van der Waals surface area contributed by atoms with E-state index in [0.29, 0.717) is 13.0 Å². The minimum Gasteiger partial charge on any atom is -0.407 e. The number of benzene rings is 2. The van der Waals surface area contributed by atoms with E-state index in [1.165, 1.54) is 17.5 Å². The summed E-state index contributed by atoms with van der Waals surface area (Å²) in [6.45, 7) is 7.42. The highest BCUT2D eigenvalue weighted by molar-refractivity contribution is 6.99. The second-order valence-corrected chi connectivity index (χ2v) is 12.3. The molecule has 0 saturated heterocycles. The first kappa shape index (κ1) is 24.0. The smallest absolute Gasteiger partial charge is 0.261 e. The Kier molecular flexibility index (Phi) is 9.44. The number of carbonyl (C=O) groups excluding carboxylic acids is 1. The molecule has 0 radical (unpaired) electrons. The van der Waals surface area contributed by atoms with Crippen molar-refractivity contribution in [1.82, 2.24) is 0 Å². The molecular formula is C25H32O4Si. The van der Waals surface area contributed by atoms with E-state index in [-0.39, 0.29) is 11.8 Å². The molecule has 0 heterocycles. The van der Waals surface area contributed by atoms with Crippen LogP contribution < -0.4 is 10.4 Å². The SMILES string of the molecule is COCO[C@H](C=O)C=C=CCCO[Si](c1ccccc1)(c1ccccc1)C(C)(C)C. The molecule has 0 bridgehead atoms. The van der Waals surface area contributed by atoms with E-state index < -0.39 is 14.4 Å². The fraction of sp³-hybridized carbons (Fsp3) is 0.360. The van der Waals surface area contributed by atoms with Gasteiger partial charge in [0.25, 0.3) is 8.32 Å². The molecule has 30 heavy (non-hydrogen) atoms. The van der Waals surface area contributed by atoms with Crippen LogP contribution >= 0.6 is 0 Å². The molecule has 0 N–H and O–H groups in total. The summed E-state index contributed by atoms with van der Waals surface area (Å²) in [6, 6.07) is 21.1. The van der Waals surface area contributed by atoms with Gasteiger partial charge in [0.2, 0.25) is 0 Å². The van der Waals surface area contributed by atoms with Gasteiger partial charge >= 0.3 is 0 Å². The quantitative estimate of drug-likeness (QED) is 0.181. The van der Waals surface area contributed by atoms with Gasteiger partial charge in [0.05, 0.1) is 0 Å². The van der Waals surface area contributed by atoms with Crippen molar-refractivity contribution in [3.63, 3.8) is 0 Å². The summed E-state index contributed by atoms with van der Waals surface area (Å²) in [5, 5.41) is 2.47. The molecule has 2 aromatic rings. The predicted molar refractivity (Wildman–Crippen MR) is 124 cm³/mol. The molecule has 2 aromatic carbocycles. The van der Waals surface area contributed by atoms with Crippen LogP contribution in [0.1, 0.15) is 27.2 Å². The van der Waals surface area contributed by atoms with Crippen molar-refractivity contribution in [3.05, 3.63) is 78.5 Å². The van der Waals surface area contributed by atoms with Crippen molar-refractivity contribution in [3.8, 4) is 0 Å². The van der Waals surface area contributed by atoms with Crippen molar-refractivity contribution < 1.29 is 18.7 Å². The fourth-order valence-electron chi connectivity index (χ4n) is 3.55. The minimum atomic E-state index is -2.51. The van der Waals surface area contributed by atoms with Gasteiger partial charge in [-0.05, 0) is 34.0 Å². The maximum atomic E-state index is 11.0. The number of carbonyl (C=O) groups is 1. The molecule has 0 spiro atoms. The number of aldehydes is 1. The normalized spacial score (nSPS) is 12.7. The standard InChI is InChI=1S/C25H32O4Si/c1-25(2,3)30(23-15-9-5-10-16-23,24-17-11-6-12-18-24)29-19-13-7-8-14-22(20-26)28-21-27-4/h5-7,9-12,14-18,20,22H,13,19,21H2,1-4H3/t8?,22-/m0/s1. The number of hydrogen-bond donors (Lipinski definition) is 0. The van der Waals surface area contributed by atoms with Gasteiger partial charge in [-0.2, -0.15) is 0 Å². The van der Waals surface area contributed by atoms with Crippen molar-refractivity contribution in [1.29, 1.82) is 0 Å². The molecule has 0 unspecified atom stereocenters. The number of ether oxygens (including phenoxy) is 2. The Morgan fingerprint density at radius 1 is 1.00 bits per heavy atom. The van der Waals surface area contributed by atoms with Gasteiger partial charge in [0.15, 0.2) is 6.29 Å². The molecular weight excluding hydrogens is 392 g/mol. The lowest BCUT2D eigenvalue weighted by Gasteiger charge is -2.43. The van der Waals surface area contributed by atoms with Crippen LogP contribution in [0.2, 0.25) is 5.04 Å². The Hall–Kier alpha value is -2.27. The van der Waals surface area contributed by atoms with E-state index in [4.69, 9.17) is 13.9 Å². The Morgan fingerprint density at radius 2 is 1.57 bits per heavy atom. The van der Waals surface area contributed by atoms with E-state index in [9.17, 15) is 4.79 Å². The summed E-state index contributed by atoms with van der Waals surface area (Å²) in [5.74, 6) is 0. The van der Waals surface area contributed by atoms with E-state index in [0.717, 1.165) is 6.29 Å². The van der Waals surface area contributed by atoms with Gasteiger partial charge in [-0.25, -0.2) is 0 Å². The highest BCUT2D eigenvalue weighted by Gasteiger charge is 2.49. The van der Waals surface area contributed by atoms with Crippen LogP contribution in [0.15, 0.2) is 78.5 Å². The summed E-state index contributed by atoms with van der Waals surface area (Å²) in [5.41, 5.74) is 3.02. The van der Waals surface area contributed by atoms with E-state index >= 15 is 0 Å². The monoisotopic (exact) mass is 424 g/mol. The van der Waals surface area contributed by atoms with E-state index in [2.05, 4.69) is 75.0 Å². The van der Waals surface area contributed by atoms with Gasteiger partial charge in [-0.15, -0.1) is 5.73 Å². The highest BCUT2D eigenvalue weighted by Crippen LogP contribution is 2.36. The Labute approximate surface area is 181 Å². The fourth-order valence-corrected chi connectivity index (χ4v) is 8.13. The average Bonchev–Trinajstić information content (AvgIpc) is 2.75. The summed E-state index contributed by atoms with van der Waals surface area (Å²) in [7, 11) is -0.994. The number of rotatable bonds is 11. The topological polar surface area (TPSA) is 44.8 Å². The average molecular weight is 425 g/mol. The third-order valence-electron chi connectivity index (χ3n) is 4.89. The first-order chi connectivity index (χ1) is 14.5. The Morgan fingerprint density at radius 3 is 2.03 bits per heavy atom. The van der Waals surface area contributed by atoms with E-state index in [1.54, 1.807) is 6.08 Å². The molecule has 0 aliphatic rings. The van der Waals surface area contributed by atoms with Crippen LogP contribution in [0.5, 0.6) is 0 Å². The predicted octanol–water partition coefficient (Wildman–Crippen LogP) is 3.85. The zero-order valence-electron chi connectivity index (χ0n) is 18.3. The second kappa shape index (κ2) is 11.8. The second-order valence-electron chi connectivity index (χ2n) is 8.01. The number of hydrogen-bond acceptors (Lipinski definition) is 4. The maximum Gasteiger partial charge on any atom is 0.261 e. The minimum absolute atomic E-state index is 0.0497. The van der Waals surface area contributed by atoms with Crippen LogP contribution in [-0.2, 0) is 18.7 Å². The van der Waals surface area contributed by atoms with Gasteiger partial charge in [-0.3, -0.25) is 0 Å². The van der Waals surface area contributed by atoms with Crippen LogP contribution in [-0.4, -0.2) is 41.2 Å². The highest BCUT2D eigenvalue weighted by atomic mass is 28.4. The number of methoxy groups -OCH3 is 1. The Bertz CT molecular complexity index is 782. The van der Waals surface area contributed by atoms with Gasteiger partial charge in [-0.1, -0.05) is 81.4 Å². The third-order valence-corrected chi connectivity index (χ3v) is 9.93. The largest absolute Gasteiger partial charge is 0.407 e. The van der Waals surface area contributed by atoms with Gasteiger partial charge in [0, 0.05) is 13.7 Å². The third kappa shape index (κ3) is 6.11. The van der Waals surface area contributed by atoms with Crippen LogP contribution in [0.25, 0.3) is 0 Å².